The molecule has 0 bridgehead atoms. The average molecular weight is 494 g/mol. The molecule has 2 heterocycles. The molecule has 0 fully saturated rings. The van der Waals surface area contributed by atoms with E-state index in [-0.39, 0.29) is 23.2 Å². The Labute approximate surface area is 215 Å². The molecule has 0 aliphatic heterocycles. The van der Waals surface area contributed by atoms with E-state index in [1.807, 2.05) is 6.92 Å². The molecule has 3 rings (SSSR count). The molecule has 0 saturated heterocycles. The van der Waals surface area contributed by atoms with Crippen LogP contribution in [0.1, 0.15) is 57.1 Å². The lowest BCUT2D eigenvalue weighted by molar-refractivity contribution is 0.0957. The molecule has 0 saturated carbocycles. The number of nitrogens with zero attached hydrogens (tertiary/aromatic N) is 3. The van der Waals surface area contributed by atoms with Crippen LogP contribution in [0.3, 0.4) is 0 Å². The predicted molar refractivity (Wildman–Crippen MR) is 143 cm³/mol. The van der Waals surface area contributed by atoms with E-state index >= 15 is 0 Å². The summed E-state index contributed by atoms with van der Waals surface area (Å²) in [6.07, 6.45) is 5.62. The smallest absolute Gasteiger partial charge is 0.269 e. The van der Waals surface area contributed by atoms with Crippen molar-refractivity contribution in [3.63, 3.8) is 0 Å². The SMILES string of the molecule is CNC(=O)c1cc(/C(C=N)=C/C(=N)c2cc(NC(=O)c3ccnc(C(C)(C)C#N)c3)ccc2C)ccn1. The minimum Gasteiger partial charge on any atom is -0.354 e. The molecule has 2 amide bonds. The van der Waals surface area contributed by atoms with E-state index in [2.05, 4.69) is 26.7 Å². The lowest BCUT2D eigenvalue weighted by atomic mass is 9.90. The van der Waals surface area contributed by atoms with Crippen LogP contribution >= 0.6 is 0 Å². The molecule has 2 aromatic heterocycles. The largest absolute Gasteiger partial charge is 0.354 e. The van der Waals surface area contributed by atoms with Gasteiger partial charge in [0.25, 0.3) is 11.8 Å². The van der Waals surface area contributed by atoms with E-state index in [0.29, 0.717) is 33.6 Å². The van der Waals surface area contributed by atoms with Gasteiger partial charge in [-0.2, -0.15) is 5.26 Å². The van der Waals surface area contributed by atoms with E-state index in [0.717, 1.165) is 11.8 Å². The van der Waals surface area contributed by atoms with Crippen molar-refractivity contribution in [3.05, 3.63) is 94.6 Å². The summed E-state index contributed by atoms with van der Waals surface area (Å²) in [7, 11) is 1.51. The van der Waals surface area contributed by atoms with Crippen molar-refractivity contribution in [1.29, 1.82) is 16.1 Å². The van der Waals surface area contributed by atoms with Crippen LogP contribution in [0.2, 0.25) is 0 Å². The van der Waals surface area contributed by atoms with Crippen LogP contribution in [0.5, 0.6) is 0 Å². The minimum absolute atomic E-state index is 0.132. The highest BCUT2D eigenvalue weighted by Crippen LogP contribution is 2.23. The molecule has 1 aromatic carbocycles. The number of carbonyl (C=O) groups is 2. The van der Waals surface area contributed by atoms with Crippen molar-refractivity contribution < 1.29 is 9.59 Å². The highest BCUT2D eigenvalue weighted by molar-refractivity contribution is 6.21. The monoisotopic (exact) mass is 493 g/mol. The van der Waals surface area contributed by atoms with Gasteiger partial charge in [-0.1, -0.05) is 6.07 Å². The highest BCUT2D eigenvalue weighted by Gasteiger charge is 2.22. The summed E-state index contributed by atoms with van der Waals surface area (Å²) in [5.74, 6) is -0.717. The molecule has 3 aromatic rings. The Hall–Kier alpha value is -4.97. The number of carbonyl (C=O) groups excluding carboxylic acids is 2. The zero-order chi connectivity index (χ0) is 27.2. The van der Waals surface area contributed by atoms with Crippen molar-refractivity contribution in [1.82, 2.24) is 15.3 Å². The molecular weight excluding hydrogens is 466 g/mol. The first kappa shape index (κ1) is 26.6. The first-order chi connectivity index (χ1) is 17.6. The second-order valence-electron chi connectivity index (χ2n) is 8.82. The summed E-state index contributed by atoms with van der Waals surface area (Å²) in [6.45, 7) is 5.31. The molecule has 0 aliphatic rings. The van der Waals surface area contributed by atoms with Crippen LogP contribution in [0.4, 0.5) is 5.69 Å². The number of nitrogens with one attached hydrogen (secondary N) is 4. The maximum Gasteiger partial charge on any atom is 0.269 e. The van der Waals surface area contributed by atoms with Crippen LogP contribution in [0, 0.1) is 29.1 Å². The second-order valence-corrected chi connectivity index (χ2v) is 8.82. The number of amides is 2. The summed E-state index contributed by atoms with van der Waals surface area (Å²) in [6, 6.07) is 13.8. The van der Waals surface area contributed by atoms with Crippen molar-refractivity contribution >= 4 is 35.0 Å². The number of nitriles is 1. The zero-order valence-electron chi connectivity index (χ0n) is 21.0. The van der Waals surface area contributed by atoms with Crippen molar-refractivity contribution in [3.8, 4) is 6.07 Å². The second kappa shape index (κ2) is 11.2. The number of hydrogen-bond acceptors (Lipinski definition) is 7. The Morgan fingerprint density at radius 2 is 1.73 bits per heavy atom. The van der Waals surface area contributed by atoms with Gasteiger partial charge in [-0.25, -0.2) is 0 Å². The summed E-state index contributed by atoms with van der Waals surface area (Å²) in [5, 5.41) is 31.2. The fourth-order valence-corrected chi connectivity index (χ4v) is 3.47. The molecule has 9 heteroatoms. The number of benzene rings is 1. The number of aromatic nitrogens is 2. The molecule has 0 radical (unpaired) electrons. The average Bonchev–Trinajstić information content (AvgIpc) is 2.92. The van der Waals surface area contributed by atoms with Gasteiger partial charge in [0.1, 0.15) is 5.69 Å². The summed E-state index contributed by atoms with van der Waals surface area (Å²) in [5.41, 5.74) is 3.23. The Morgan fingerprint density at radius 1 is 1.03 bits per heavy atom. The lowest BCUT2D eigenvalue weighted by Gasteiger charge is -2.15. The molecule has 186 valence electrons. The third-order valence-electron chi connectivity index (χ3n) is 5.74. The third-order valence-corrected chi connectivity index (χ3v) is 5.74. The maximum absolute atomic E-state index is 12.9. The predicted octanol–water partition coefficient (Wildman–Crippen LogP) is 4.30. The zero-order valence-corrected chi connectivity index (χ0v) is 21.0. The molecular formula is C28H27N7O2. The molecule has 0 atom stereocenters. The van der Waals surface area contributed by atoms with Gasteiger partial charge in [0.05, 0.1) is 22.9 Å². The first-order valence-electron chi connectivity index (χ1n) is 11.4. The molecule has 0 spiro atoms. The van der Waals surface area contributed by atoms with Crippen molar-refractivity contribution in [2.24, 2.45) is 0 Å². The molecule has 0 aliphatic carbocycles. The fraction of sp³-hybridized carbons (Fsp3) is 0.179. The van der Waals surface area contributed by atoms with Gasteiger partial charge >= 0.3 is 0 Å². The topological polar surface area (TPSA) is 155 Å². The quantitative estimate of drug-likeness (QED) is 0.344. The van der Waals surface area contributed by atoms with Gasteiger partial charge in [0, 0.05) is 48.0 Å². The van der Waals surface area contributed by atoms with E-state index < -0.39 is 5.41 Å². The maximum atomic E-state index is 12.9. The van der Waals surface area contributed by atoms with E-state index in [1.165, 1.54) is 25.5 Å². The lowest BCUT2D eigenvalue weighted by Crippen LogP contribution is -2.19. The minimum atomic E-state index is -0.836. The summed E-state index contributed by atoms with van der Waals surface area (Å²) in [4.78, 5) is 33.1. The van der Waals surface area contributed by atoms with Crippen molar-refractivity contribution in [2.45, 2.75) is 26.2 Å². The molecule has 37 heavy (non-hydrogen) atoms. The van der Waals surface area contributed by atoms with Crippen LogP contribution < -0.4 is 10.6 Å². The van der Waals surface area contributed by atoms with Crippen LogP contribution in [-0.2, 0) is 5.41 Å². The van der Waals surface area contributed by atoms with Gasteiger partial charge in [-0.3, -0.25) is 19.6 Å². The van der Waals surface area contributed by atoms with Gasteiger partial charge in [0.2, 0.25) is 0 Å². The highest BCUT2D eigenvalue weighted by atomic mass is 16.2. The molecule has 0 unspecified atom stereocenters. The Kier molecular flexibility index (Phi) is 8.05. The molecule has 9 nitrogen and oxygen atoms in total. The van der Waals surface area contributed by atoms with Crippen LogP contribution in [-0.4, -0.2) is 40.8 Å². The van der Waals surface area contributed by atoms with Gasteiger partial charge in [0.15, 0.2) is 0 Å². The van der Waals surface area contributed by atoms with Gasteiger partial charge in [-0.05, 0) is 74.4 Å². The number of allylic oxidation sites excluding steroid dienone is 2. The fourth-order valence-electron chi connectivity index (χ4n) is 3.47. The number of rotatable bonds is 8. The van der Waals surface area contributed by atoms with Crippen LogP contribution in [0.25, 0.3) is 5.57 Å². The van der Waals surface area contributed by atoms with Crippen LogP contribution in [0.15, 0.2) is 60.9 Å². The number of hydrogen-bond donors (Lipinski definition) is 4. The van der Waals surface area contributed by atoms with Gasteiger partial charge in [-0.15, -0.1) is 0 Å². The van der Waals surface area contributed by atoms with E-state index in [1.54, 1.807) is 56.3 Å². The Morgan fingerprint density at radius 3 is 2.41 bits per heavy atom. The first-order valence-corrected chi connectivity index (χ1v) is 11.4. The van der Waals surface area contributed by atoms with E-state index in [4.69, 9.17) is 10.8 Å². The number of aryl methyl sites for hydroxylation is 1. The Bertz CT molecular complexity index is 1470. The summed E-state index contributed by atoms with van der Waals surface area (Å²) < 4.78 is 0. The van der Waals surface area contributed by atoms with Gasteiger partial charge < -0.3 is 21.5 Å². The standard InChI is InChI=1S/C28H27N7O2/c1-17-5-6-21(35-26(36)19-8-10-34-25(13-19)28(2,3)16-30)14-22(17)23(31)11-20(15-29)18-7-9-33-24(12-18)27(37)32-4/h5-15,29,31H,1-4H3,(H,32,37)(H,35,36)/b20-11+,29-15?,31-23?. The molecule has 4 N–H and O–H groups in total. The summed E-state index contributed by atoms with van der Waals surface area (Å²) >= 11 is 0. The van der Waals surface area contributed by atoms with Crippen molar-refractivity contribution in [2.75, 3.05) is 12.4 Å². The third kappa shape index (κ3) is 6.18. The number of anilines is 1. The number of pyridine rings is 2. The van der Waals surface area contributed by atoms with E-state index in [9.17, 15) is 14.9 Å². The Balaban J connectivity index is 1.88. The normalized spacial score (nSPS) is 11.3.